The van der Waals surface area contributed by atoms with Crippen LogP contribution in [0.1, 0.15) is 66.7 Å². The number of hydrogen-bond acceptors (Lipinski definition) is 1. The van der Waals surface area contributed by atoms with Gasteiger partial charge in [0.2, 0.25) is 0 Å². The molecule has 0 aliphatic heterocycles. The van der Waals surface area contributed by atoms with Crippen LogP contribution in [-0.4, -0.2) is 5.78 Å². The second-order valence-corrected chi connectivity index (χ2v) is 5.33. The maximum absolute atomic E-state index is 11.1. The molecule has 84 valence electrons. The first kappa shape index (κ1) is 13.7. The maximum Gasteiger partial charge on any atom is 0.130 e. The van der Waals surface area contributed by atoms with E-state index in [1.807, 2.05) is 0 Å². The van der Waals surface area contributed by atoms with E-state index in [1.165, 1.54) is 19.3 Å². The highest BCUT2D eigenvalue weighted by Gasteiger charge is 2.23. The van der Waals surface area contributed by atoms with Gasteiger partial charge in [0, 0.05) is 6.42 Å². The van der Waals surface area contributed by atoms with Crippen LogP contribution >= 0.6 is 0 Å². The molecule has 0 amide bonds. The Morgan fingerprint density at radius 1 is 1.36 bits per heavy atom. The van der Waals surface area contributed by atoms with Crippen LogP contribution in [0.3, 0.4) is 0 Å². The third kappa shape index (κ3) is 6.17. The Morgan fingerprint density at radius 2 is 1.93 bits per heavy atom. The molecule has 0 spiro atoms. The normalized spacial score (nSPS) is 15.6. The standard InChI is InChI=1S/C13H26O/c1-6-13(5,10-12(4)14)9-7-8-11(2)3/h11H,6-10H2,1-5H3. The molecule has 0 saturated heterocycles. The van der Waals surface area contributed by atoms with E-state index in [0.717, 1.165) is 18.8 Å². The summed E-state index contributed by atoms with van der Waals surface area (Å²) >= 11 is 0. The summed E-state index contributed by atoms with van der Waals surface area (Å²) in [5.41, 5.74) is 0.251. The molecule has 0 N–H and O–H groups in total. The van der Waals surface area contributed by atoms with Crippen molar-refractivity contribution in [2.75, 3.05) is 0 Å². The fourth-order valence-electron chi connectivity index (χ4n) is 1.93. The summed E-state index contributed by atoms with van der Waals surface area (Å²) in [6.07, 6.45) is 5.61. The highest BCUT2D eigenvalue weighted by atomic mass is 16.1. The van der Waals surface area contributed by atoms with E-state index in [2.05, 4.69) is 27.7 Å². The van der Waals surface area contributed by atoms with E-state index < -0.39 is 0 Å². The van der Waals surface area contributed by atoms with Crippen LogP contribution in [0.15, 0.2) is 0 Å². The largest absolute Gasteiger partial charge is 0.300 e. The average molecular weight is 198 g/mol. The minimum atomic E-state index is 0.251. The second-order valence-electron chi connectivity index (χ2n) is 5.33. The molecule has 0 rings (SSSR count). The zero-order valence-electron chi connectivity index (χ0n) is 10.5. The molecule has 0 heterocycles. The van der Waals surface area contributed by atoms with E-state index in [9.17, 15) is 4.79 Å². The highest BCUT2D eigenvalue weighted by molar-refractivity contribution is 5.76. The van der Waals surface area contributed by atoms with Gasteiger partial charge in [0.05, 0.1) is 0 Å². The monoisotopic (exact) mass is 198 g/mol. The van der Waals surface area contributed by atoms with Gasteiger partial charge in [-0.25, -0.2) is 0 Å². The van der Waals surface area contributed by atoms with Crippen molar-refractivity contribution in [2.24, 2.45) is 11.3 Å². The van der Waals surface area contributed by atoms with E-state index in [4.69, 9.17) is 0 Å². The molecule has 0 aromatic rings. The number of carbonyl (C=O) groups is 1. The topological polar surface area (TPSA) is 17.1 Å². The van der Waals surface area contributed by atoms with Crippen molar-refractivity contribution in [3.05, 3.63) is 0 Å². The second kappa shape index (κ2) is 6.21. The van der Waals surface area contributed by atoms with Crippen molar-refractivity contribution in [3.8, 4) is 0 Å². The highest BCUT2D eigenvalue weighted by Crippen LogP contribution is 2.32. The molecule has 0 aromatic carbocycles. The van der Waals surface area contributed by atoms with Crippen LogP contribution in [0.2, 0.25) is 0 Å². The lowest BCUT2D eigenvalue weighted by atomic mass is 9.78. The van der Waals surface area contributed by atoms with Crippen molar-refractivity contribution in [3.63, 3.8) is 0 Å². The summed E-state index contributed by atoms with van der Waals surface area (Å²) in [5, 5.41) is 0. The Bertz CT molecular complexity index is 172. The first-order valence-corrected chi connectivity index (χ1v) is 5.89. The molecule has 1 nitrogen and oxygen atoms in total. The maximum atomic E-state index is 11.1. The van der Waals surface area contributed by atoms with Crippen molar-refractivity contribution < 1.29 is 4.79 Å². The Kier molecular flexibility index (Phi) is 6.06. The van der Waals surface area contributed by atoms with Crippen LogP contribution in [-0.2, 0) is 4.79 Å². The molecule has 0 saturated carbocycles. The minimum absolute atomic E-state index is 0.251. The Labute approximate surface area is 89.3 Å². The SMILES string of the molecule is CCC(C)(CCCC(C)C)CC(C)=O. The number of carbonyl (C=O) groups excluding carboxylic acids is 1. The van der Waals surface area contributed by atoms with Crippen molar-refractivity contribution in [1.29, 1.82) is 0 Å². The van der Waals surface area contributed by atoms with Gasteiger partial charge >= 0.3 is 0 Å². The predicted octanol–water partition coefficient (Wildman–Crippen LogP) is 4.21. The van der Waals surface area contributed by atoms with Gasteiger partial charge in [-0.15, -0.1) is 0 Å². The van der Waals surface area contributed by atoms with Crippen LogP contribution in [0.4, 0.5) is 0 Å². The van der Waals surface area contributed by atoms with Crippen molar-refractivity contribution >= 4 is 5.78 Å². The Balaban J connectivity index is 3.92. The lowest BCUT2D eigenvalue weighted by molar-refractivity contribution is -0.119. The van der Waals surface area contributed by atoms with E-state index in [-0.39, 0.29) is 5.41 Å². The van der Waals surface area contributed by atoms with Crippen LogP contribution in [0.25, 0.3) is 0 Å². The predicted molar refractivity (Wildman–Crippen MR) is 62.4 cm³/mol. The number of Topliss-reactive ketones (excluding diaryl/α,β-unsaturated/α-hetero) is 1. The molecule has 1 atom stereocenters. The molecule has 0 bridgehead atoms. The third-order valence-corrected chi connectivity index (χ3v) is 3.09. The quantitative estimate of drug-likeness (QED) is 0.599. The summed E-state index contributed by atoms with van der Waals surface area (Å²) in [6, 6.07) is 0. The van der Waals surface area contributed by atoms with Gasteiger partial charge in [-0.3, -0.25) is 0 Å². The van der Waals surface area contributed by atoms with Gasteiger partial charge in [0.25, 0.3) is 0 Å². The zero-order valence-corrected chi connectivity index (χ0v) is 10.5. The molecule has 14 heavy (non-hydrogen) atoms. The molecule has 1 heteroatoms. The van der Waals surface area contributed by atoms with Crippen LogP contribution in [0.5, 0.6) is 0 Å². The number of rotatable bonds is 7. The fraction of sp³-hybridized carbons (Fsp3) is 0.923. The average Bonchev–Trinajstić information content (AvgIpc) is 2.02. The molecule has 0 aromatic heterocycles. The first-order valence-electron chi connectivity index (χ1n) is 5.89. The van der Waals surface area contributed by atoms with Gasteiger partial charge in [0.15, 0.2) is 0 Å². The van der Waals surface area contributed by atoms with Crippen molar-refractivity contribution in [1.82, 2.24) is 0 Å². The fourth-order valence-corrected chi connectivity index (χ4v) is 1.93. The molecule has 0 aliphatic carbocycles. The van der Waals surface area contributed by atoms with Crippen LogP contribution in [0, 0.1) is 11.3 Å². The van der Waals surface area contributed by atoms with Crippen molar-refractivity contribution in [2.45, 2.75) is 66.7 Å². The van der Waals surface area contributed by atoms with Gasteiger partial charge in [0.1, 0.15) is 5.78 Å². The molecule has 1 unspecified atom stereocenters. The van der Waals surface area contributed by atoms with Crippen LogP contribution < -0.4 is 0 Å². The molecule has 0 fully saturated rings. The number of ketones is 1. The summed E-state index contributed by atoms with van der Waals surface area (Å²) in [7, 11) is 0. The Hall–Kier alpha value is -0.330. The lowest BCUT2D eigenvalue weighted by Crippen LogP contribution is -2.19. The molecule has 0 aliphatic rings. The minimum Gasteiger partial charge on any atom is -0.300 e. The lowest BCUT2D eigenvalue weighted by Gasteiger charge is -2.27. The summed E-state index contributed by atoms with van der Waals surface area (Å²) < 4.78 is 0. The van der Waals surface area contributed by atoms with E-state index in [1.54, 1.807) is 6.92 Å². The summed E-state index contributed by atoms with van der Waals surface area (Å²) in [4.78, 5) is 11.1. The summed E-state index contributed by atoms with van der Waals surface area (Å²) in [6.45, 7) is 10.7. The third-order valence-electron chi connectivity index (χ3n) is 3.09. The van der Waals surface area contributed by atoms with Gasteiger partial charge in [-0.05, 0) is 24.7 Å². The van der Waals surface area contributed by atoms with Gasteiger partial charge in [-0.2, -0.15) is 0 Å². The van der Waals surface area contributed by atoms with E-state index in [0.29, 0.717) is 5.78 Å². The zero-order chi connectivity index (χ0) is 11.2. The Morgan fingerprint density at radius 3 is 2.29 bits per heavy atom. The van der Waals surface area contributed by atoms with E-state index >= 15 is 0 Å². The van der Waals surface area contributed by atoms with Gasteiger partial charge < -0.3 is 4.79 Å². The molecular formula is C13H26O. The molecular weight excluding hydrogens is 172 g/mol. The smallest absolute Gasteiger partial charge is 0.130 e. The number of hydrogen-bond donors (Lipinski definition) is 0. The molecule has 0 radical (unpaired) electrons. The first-order chi connectivity index (χ1) is 6.39. The summed E-state index contributed by atoms with van der Waals surface area (Å²) in [5.74, 6) is 1.12. The van der Waals surface area contributed by atoms with Gasteiger partial charge in [-0.1, -0.05) is 47.0 Å².